The number of benzene rings is 2. The van der Waals surface area contributed by atoms with Gasteiger partial charge in [0.05, 0.1) is 0 Å². The lowest BCUT2D eigenvalue weighted by atomic mass is 9.98. The topological polar surface area (TPSA) is 35.5 Å². The molecule has 9 heteroatoms. The molecule has 0 saturated carbocycles. The molecule has 0 saturated heterocycles. The number of carbonyl (C=O) groups is 1. The molecule has 0 N–H and O–H groups in total. The lowest BCUT2D eigenvalue weighted by Gasteiger charge is -2.38. The summed E-state index contributed by atoms with van der Waals surface area (Å²) in [5.74, 6) is 0.105. The summed E-state index contributed by atoms with van der Waals surface area (Å²) in [6.07, 6.45) is -2.38. The Morgan fingerprint density at radius 2 is 1.50 bits per heavy atom. The fourth-order valence-corrected chi connectivity index (χ4v) is 3.29. The van der Waals surface area contributed by atoms with Gasteiger partial charge in [0.15, 0.2) is 5.78 Å². The molecule has 26 heavy (non-hydrogen) atoms. The van der Waals surface area contributed by atoms with Crippen molar-refractivity contribution in [2.24, 2.45) is 0 Å². The molecular formula is C17H10Cl6O3. The van der Waals surface area contributed by atoms with Gasteiger partial charge in [-0.2, -0.15) is 0 Å². The maximum Gasteiger partial charge on any atom is 0.252 e. The van der Waals surface area contributed by atoms with E-state index >= 15 is 0 Å². The molecule has 0 aliphatic carbocycles. The predicted molar refractivity (Wildman–Crippen MR) is 105 cm³/mol. The van der Waals surface area contributed by atoms with Crippen molar-refractivity contribution in [2.75, 3.05) is 0 Å². The van der Waals surface area contributed by atoms with Crippen molar-refractivity contribution in [1.29, 1.82) is 0 Å². The zero-order valence-corrected chi connectivity index (χ0v) is 17.3. The Bertz CT molecular complexity index is 813. The first-order valence-electron chi connectivity index (χ1n) is 7.26. The second-order valence-corrected chi connectivity index (χ2v) is 10.2. The average molecular weight is 475 g/mol. The Labute approximate surface area is 180 Å². The van der Waals surface area contributed by atoms with Crippen LogP contribution < -0.4 is 4.74 Å². The van der Waals surface area contributed by atoms with Crippen LogP contribution in [0.5, 0.6) is 5.75 Å². The second-order valence-electron chi connectivity index (χ2n) is 5.50. The van der Waals surface area contributed by atoms with Crippen LogP contribution in [0.1, 0.15) is 27.6 Å². The molecule has 3 nitrogen and oxygen atoms in total. The molecule has 1 aliphatic heterocycles. The van der Waals surface area contributed by atoms with Crippen LogP contribution in [0.25, 0.3) is 0 Å². The minimum Gasteiger partial charge on any atom is -0.460 e. The smallest absolute Gasteiger partial charge is 0.252 e. The van der Waals surface area contributed by atoms with Crippen LogP contribution in [0.15, 0.2) is 48.5 Å². The van der Waals surface area contributed by atoms with Crippen LogP contribution in [0.2, 0.25) is 0 Å². The van der Waals surface area contributed by atoms with Gasteiger partial charge in [0, 0.05) is 16.7 Å². The fraction of sp³-hybridized carbons (Fsp3) is 0.235. The van der Waals surface area contributed by atoms with E-state index in [2.05, 4.69) is 0 Å². The summed E-state index contributed by atoms with van der Waals surface area (Å²) in [4.78, 5) is 12.7. The summed E-state index contributed by atoms with van der Waals surface area (Å²) in [6, 6.07) is 13.5. The molecule has 2 aromatic rings. The quantitative estimate of drug-likeness (QED) is 0.371. The SMILES string of the molecule is O=C(c1ccccc1)c1ccc2c(c1)C(C(Cl)(Cl)Cl)OC(C(Cl)(Cl)Cl)O2. The fourth-order valence-electron chi connectivity index (χ4n) is 2.50. The summed E-state index contributed by atoms with van der Waals surface area (Å²) >= 11 is 35.7. The third-order valence-electron chi connectivity index (χ3n) is 3.65. The predicted octanol–water partition coefficient (Wildman–Crippen LogP) is 6.43. The molecule has 0 amide bonds. The van der Waals surface area contributed by atoms with Crippen molar-refractivity contribution in [1.82, 2.24) is 0 Å². The van der Waals surface area contributed by atoms with E-state index in [1.165, 1.54) is 0 Å². The standard InChI is InChI=1S/C17H10Cl6O3/c18-16(19,20)14-11-8-10(13(24)9-4-2-1-3-5-9)6-7-12(11)25-15(26-14)17(21,22)23/h1-8,14-15H. The van der Waals surface area contributed by atoms with Crippen molar-refractivity contribution in [3.63, 3.8) is 0 Å². The first-order valence-corrected chi connectivity index (χ1v) is 9.53. The maximum absolute atomic E-state index is 12.7. The third kappa shape index (κ3) is 4.36. The third-order valence-corrected chi connectivity index (χ3v) is 4.78. The van der Waals surface area contributed by atoms with Crippen molar-refractivity contribution >= 4 is 75.4 Å². The number of ketones is 1. The van der Waals surface area contributed by atoms with Crippen molar-refractivity contribution in [2.45, 2.75) is 20.0 Å². The van der Waals surface area contributed by atoms with Gasteiger partial charge >= 0.3 is 0 Å². The van der Waals surface area contributed by atoms with Crippen molar-refractivity contribution < 1.29 is 14.3 Å². The van der Waals surface area contributed by atoms with Gasteiger partial charge in [0.2, 0.25) is 10.1 Å². The number of halogens is 6. The number of fused-ring (bicyclic) bond motifs is 1. The molecule has 2 aromatic carbocycles. The summed E-state index contributed by atoms with van der Waals surface area (Å²) in [7, 11) is 0. The highest BCUT2D eigenvalue weighted by molar-refractivity contribution is 6.68. The average Bonchev–Trinajstić information content (AvgIpc) is 2.58. The molecule has 0 spiro atoms. The Kier molecular flexibility index (Phi) is 5.91. The zero-order valence-electron chi connectivity index (χ0n) is 12.8. The highest BCUT2D eigenvalue weighted by atomic mass is 35.6. The Balaban J connectivity index is 2.03. The van der Waals surface area contributed by atoms with E-state index in [1.807, 2.05) is 6.07 Å². The van der Waals surface area contributed by atoms with Crippen LogP contribution >= 0.6 is 69.6 Å². The first-order chi connectivity index (χ1) is 12.1. The lowest BCUT2D eigenvalue weighted by Crippen LogP contribution is -2.42. The summed E-state index contributed by atoms with van der Waals surface area (Å²) < 4.78 is 7.34. The van der Waals surface area contributed by atoms with Crippen molar-refractivity contribution in [3.8, 4) is 5.75 Å². The lowest BCUT2D eigenvalue weighted by molar-refractivity contribution is -0.136. The van der Waals surface area contributed by atoms with Crippen LogP contribution in [-0.4, -0.2) is 19.7 Å². The molecular weight excluding hydrogens is 465 g/mol. The Hall–Kier alpha value is -0.390. The van der Waals surface area contributed by atoms with Gasteiger partial charge < -0.3 is 9.47 Å². The van der Waals surface area contributed by atoms with E-state index in [0.717, 1.165) is 0 Å². The molecule has 138 valence electrons. The van der Waals surface area contributed by atoms with E-state index in [-0.39, 0.29) is 5.78 Å². The van der Waals surface area contributed by atoms with Gasteiger partial charge in [-0.15, -0.1) is 0 Å². The van der Waals surface area contributed by atoms with E-state index in [1.54, 1.807) is 42.5 Å². The number of carbonyl (C=O) groups excluding carboxylic acids is 1. The van der Waals surface area contributed by atoms with Gasteiger partial charge in [0.1, 0.15) is 11.9 Å². The summed E-state index contributed by atoms with van der Waals surface area (Å²) in [6.45, 7) is 0. The van der Waals surface area contributed by atoms with Crippen molar-refractivity contribution in [3.05, 3.63) is 65.2 Å². The number of rotatable bonds is 2. The molecule has 2 atom stereocenters. The van der Waals surface area contributed by atoms with Crippen LogP contribution in [0.4, 0.5) is 0 Å². The van der Waals surface area contributed by atoms with Gasteiger partial charge in [-0.25, -0.2) is 0 Å². The molecule has 2 unspecified atom stereocenters. The zero-order chi connectivity index (χ0) is 19.1. The molecule has 0 aromatic heterocycles. The Morgan fingerprint density at radius 3 is 2.08 bits per heavy atom. The molecule has 0 bridgehead atoms. The Morgan fingerprint density at radius 1 is 0.846 bits per heavy atom. The summed E-state index contributed by atoms with van der Waals surface area (Å²) in [5.41, 5.74) is 1.28. The van der Waals surface area contributed by atoms with E-state index in [4.69, 9.17) is 79.1 Å². The van der Waals surface area contributed by atoms with Crippen LogP contribution in [0, 0.1) is 0 Å². The van der Waals surface area contributed by atoms with Crippen LogP contribution in [0.3, 0.4) is 0 Å². The van der Waals surface area contributed by atoms with E-state index in [0.29, 0.717) is 22.4 Å². The van der Waals surface area contributed by atoms with Gasteiger partial charge in [-0.1, -0.05) is 99.9 Å². The monoisotopic (exact) mass is 472 g/mol. The van der Waals surface area contributed by atoms with Gasteiger partial charge in [-0.05, 0) is 18.2 Å². The highest BCUT2D eigenvalue weighted by Gasteiger charge is 2.48. The summed E-state index contributed by atoms with van der Waals surface area (Å²) in [5, 5.41) is 0. The molecule has 0 fully saturated rings. The van der Waals surface area contributed by atoms with E-state index in [9.17, 15) is 4.79 Å². The molecule has 3 rings (SSSR count). The maximum atomic E-state index is 12.7. The highest BCUT2D eigenvalue weighted by Crippen LogP contribution is 2.51. The number of hydrogen-bond acceptors (Lipinski definition) is 3. The molecule has 1 aliphatic rings. The van der Waals surface area contributed by atoms with Gasteiger partial charge in [-0.3, -0.25) is 4.79 Å². The molecule has 0 radical (unpaired) electrons. The largest absolute Gasteiger partial charge is 0.460 e. The van der Waals surface area contributed by atoms with Gasteiger partial charge in [0.25, 0.3) is 3.79 Å². The minimum absolute atomic E-state index is 0.194. The first kappa shape index (κ1) is 20.3. The number of alkyl halides is 6. The number of ether oxygens (including phenoxy) is 2. The number of hydrogen-bond donors (Lipinski definition) is 0. The minimum atomic E-state index is -1.90. The molecule has 1 heterocycles. The van der Waals surface area contributed by atoms with E-state index < -0.39 is 20.0 Å². The second kappa shape index (κ2) is 7.56. The van der Waals surface area contributed by atoms with Crippen LogP contribution in [-0.2, 0) is 4.74 Å². The normalized spacial score (nSPS) is 20.2.